The van der Waals surface area contributed by atoms with Crippen LogP contribution in [0.3, 0.4) is 0 Å². The van der Waals surface area contributed by atoms with E-state index >= 15 is 0 Å². The van der Waals surface area contributed by atoms with Gasteiger partial charge in [0, 0.05) is 13.2 Å². The molecule has 2 N–H and O–H groups in total. The minimum absolute atomic E-state index is 0.0420. The lowest BCUT2D eigenvalue weighted by molar-refractivity contribution is 0.0143. The zero-order chi connectivity index (χ0) is 14.8. The lowest BCUT2D eigenvalue weighted by atomic mass is 9.92. The van der Waals surface area contributed by atoms with Gasteiger partial charge in [0.2, 0.25) is 0 Å². The number of nitrogens with one attached hydrogen (secondary N) is 1. The van der Waals surface area contributed by atoms with Crippen LogP contribution in [-0.4, -0.2) is 34.8 Å². The molecule has 2 rings (SSSR count). The largest absolute Gasteiger partial charge is 0.388 e. The topological polar surface area (TPSA) is 71.5 Å². The molecular weight excluding hydrogens is 276 g/mol. The Morgan fingerprint density at radius 3 is 3.05 bits per heavy atom. The van der Waals surface area contributed by atoms with Gasteiger partial charge in [0.05, 0.1) is 11.8 Å². The highest BCUT2D eigenvalue weighted by Crippen LogP contribution is 2.31. The van der Waals surface area contributed by atoms with Gasteiger partial charge in [0.15, 0.2) is 0 Å². The predicted molar refractivity (Wildman–Crippen MR) is 77.8 cm³/mol. The van der Waals surface area contributed by atoms with Crippen molar-refractivity contribution >= 4 is 17.2 Å². The zero-order valence-corrected chi connectivity index (χ0v) is 13.0. The number of hydrogen-bond donors (Lipinski definition) is 2. The third-order valence-corrected chi connectivity index (χ3v) is 4.89. The highest BCUT2D eigenvalue weighted by atomic mass is 32.1. The minimum atomic E-state index is -0.905. The van der Waals surface area contributed by atoms with E-state index in [-0.39, 0.29) is 24.5 Å². The Kier molecular flexibility index (Phi) is 4.78. The molecule has 1 amide bonds. The fraction of sp³-hybridized carbons (Fsp3) is 0.714. The number of aromatic nitrogens is 1. The van der Waals surface area contributed by atoms with E-state index in [9.17, 15) is 9.90 Å². The van der Waals surface area contributed by atoms with E-state index in [1.807, 2.05) is 13.8 Å². The van der Waals surface area contributed by atoms with Crippen LogP contribution in [0.1, 0.15) is 54.4 Å². The summed E-state index contributed by atoms with van der Waals surface area (Å²) in [5.41, 5.74) is -0.905. The van der Waals surface area contributed by atoms with E-state index < -0.39 is 5.60 Å². The van der Waals surface area contributed by atoms with E-state index in [2.05, 4.69) is 10.3 Å². The Balaban J connectivity index is 1.93. The van der Waals surface area contributed by atoms with Crippen molar-refractivity contribution in [2.24, 2.45) is 5.92 Å². The van der Waals surface area contributed by atoms with Gasteiger partial charge in [-0.05, 0) is 25.7 Å². The van der Waals surface area contributed by atoms with Crippen molar-refractivity contribution in [3.63, 3.8) is 0 Å². The SMILES string of the molecule is CC(C)C(C)(O)CNC(=O)c1cnc(C2CCCO2)s1. The molecule has 6 heteroatoms. The molecule has 2 heterocycles. The first-order valence-corrected chi connectivity index (χ1v) is 7.79. The summed E-state index contributed by atoms with van der Waals surface area (Å²) in [6, 6.07) is 0. The van der Waals surface area contributed by atoms with Crippen LogP contribution < -0.4 is 5.32 Å². The number of thiazole rings is 1. The Morgan fingerprint density at radius 1 is 1.70 bits per heavy atom. The van der Waals surface area contributed by atoms with E-state index in [0.717, 1.165) is 24.5 Å². The summed E-state index contributed by atoms with van der Waals surface area (Å²) < 4.78 is 5.55. The van der Waals surface area contributed by atoms with Gasteiger partial charge in [-0.1, -0.05) is 13.8 Å². The van der Waals surface area contributed by atoms with Crippen LogP contribution in [0.2, 0.25) is 0 Å². The lowest BCUT2D eigenvalue weighted by Crippen LogP contribution is -2.44. The fourth-order valence-electron chi connectivity index (χ4n) is 1.86. The number of carbonyl (C=O) groups excluding carboxylic acids is 1. The maximum absolute atomic E-state index is 12.0. The monoisotopic (exact) mass is 298 g/mol. The first kappa shape index (κ1) is 15.4. The van der Waals surface area contributed by atoms with E-state index in [1.54, 1.807) is 13.1 Å². The molecule has 0 aliphatic carbocycles. The standard InChI is InChI=1S/C14H22N2O3S/c1-9(2)14(3,18)8-16-12(17)11-7-15-13(20-11)10-5-4-6-19-10/h7,9-10,18H,4-6,8H2,1-3H3,(H,16,17). The molecule has 2 unspecified atom stereocenters. The second-order valence-electron chi connectivity index (χ2n) is 5.76. The number of aliphatic hydroxyl groups is 1. The maximum Gasteiger partial charge on any atom is 0.263 e. The number of hydrogen-bond acceptors (Lipinski definition) is 5. The summed E-state index contributed by atoms with van der Waals surface area (Å²) >= 11 is 1.37. The molecule has 2 atom stereocenters. The van der Waals surface area contributed by atoms with E-state index in [0.29, 0.717) is 4.88 Å². The van der Waals surface area contributed by atoms with Crippen molar-refractivity contribution in [2.45, 2.75) is 45.3 Å². The molecule has 1 aromatic rings. The third kappa shape index (κ3) is 3.56. The molecule has 0 spiro atoms. The van der Waals surface area contributed by atoms with Crippen molar-refractivity contribution in [2.75, 3.05) is 13.2 Å². The number of amides is 1. The molecule has 5 nitrogen and oxygen atoms in total. The molecule has 0 aromatic carbocycles. The average molecular weight is 298 g/mol. The van der Waals surface area contributed by atoms with Crippen LogP contribution in [0.25, 0.3) is 0 Å². The molecule has 1 fully saturated rings. The molecule has 0 bridgehead atoms. The molecule has 20 heavy (non-hydrogen) atoms. The molecule has 1 aliphatic heterocycles. The van der Waals surface area contributed by atoms with E-state index in [4.69, 9.17) is 4.74 Å². The van der Waals surface area contributed by atoms with Crippen molar-refractivity contribution in [3.8, 4) is 0 Å². The van der Waals surface area contributed by atoms with Gasteiger partial charge in [0.25, 0.3) is 5.91 Å². The van der Waals surface area contributed by atoms with Crippen molar-refractivity contribution in [1.29, 1.82) is 0 Å². The van der Waals surface area contributed by atoms with Crippen molar-refractivity contribution < 1.29 is 14.6 Å². The van der Waals surface area contributed by atoms with Gasteiger partial charge in [-0.25, -0.2) is 4.98 Å². The van der Waals surface area contributed by atoms with Gasteiger partial charge in [-0.2, -0.15) is 0 Å². The van der Waals surface area contributed by atoms with Crippen LogP contribution in [0.15, 0.2) is 6.20 Å². The van der Waals surface area contributed by atoms with Gasteiger partial charge >= 0.3 is 0 Å². The second-order valence-corrected chi connectivity index (χ2v) is 6.82. The predicted octanol–water partition coefficient (Wildman–Crippen LogP) is 2.13. The smallest absolute Gasteiger partial charge is 0.263 e. The Bertz CT molecular complexity index is 465. The fourth-order valence-corrected chi connectivity index (χ4v) is 2.78. The molecular formula is C14H22N2O3S. The molecule has 0 radical (unpaired) electrons. The highest BCUT2D eigenvalue weighted by Gasteiger charge is 2.27. The summed E-state index contributed by atoms with van der Waals surface area (Å²) in [6.45, 7) is 6.57. The van der Waals surface area contributed by atoms with Crippen LogP contribution in [0.4, 0.5) is 0 Å². The van der Waals surface area contributed by atoms with Gasteiger partial charge in [-0.3, -0.25) is 4.79 Å². The van der Waals surface area contributed by atoms with Gasteiger partial charge < -0.3 is 15.2 Å². The normalized spacial score (nSPS) is 21.9. The molecule has 112 valence electrons. The van der Waals surface area contributed by atoms with Gasteiger partial charge in [0.1, 0.15) is 16.0 Å². The number of carbonyl (C=O) groups is 1. The second kappa shape index (κ2) is 6.20. The Hall–Kier alpha value is -0.980. The highest BCUT2D eigenvalue weighted by molar-refractivity contribution is 7.13. The van der Waals surface area contributed by atoms with Crippen LogP contribution in [-0.2, 0) is 4.74 Å². The van der Waals surface area contributed by atoms with Crippen LogP contribution in [0.5, 0.6) is 0 Å². The number of nitrogens with zero attached hydrogens (tertiary/aromatic N) is 1. The number of ether oxygens (including phenoxy) is 1. The first-order valence-electron chi connectivity index (χ1n) is 6.98. The maximum atomic E-state index is 12.0. The molecule has 1 saturated heterocycles. The Morgan fingerprint density at radius 2 is 2.45 bits per heavy atom. The molecule has 1 aliphatic rings. The average Bonchev–Trinajstić information content (AvgIpc) is 3.05. The summed E-state index contributed by atoms with van der Waals surface area (Å²) in [4.78, 5) is 16.9. The summed E-state index contributed by atoms with van der Waals surface area (Å²) in [5.74, 6) is -0.112. The summed E-state index contributed by atoms with van der Waals surface area (Å²) in [5, 5.41) is 13.7. The Labute approximate surface area is 123 Å². The first-order chi connectivity index (χ1) is 9.40. The van der Waals surface area contributed by atoms with Gasteiger partial charge in [-0.15, -0.1) is 11.3 Å². The minimum Gasteiger partial charge on any atom is -0.388 e. The zero-order valence-electron chi connectivity index (χ0n) is 12.2. The molecule has 1 aromatic heterocycles. The van der Waals surface area contributed by atoms with Crippen LogP contribution >= 0.6 is 11.3 Å². The van der Waals surface area contributed by atoms with Crippen molar-refractivity contribution in [1.82, 2.24) is 10.3 Å². The molecule has 0 saturated carbocycles. The quantitative estimate of drug-likeness (QED) is 0.873. The summed E-state index contributed by atoms with van der Waals surface area (Å²) in [7, 11) is 0. The number of rotatable bonds is 5. The summed E-state index contributed by atoms with van der Waals surface area (Å²) in [6.07, 6.45) is 3.64. The lowest BCUT2D eigenvalue weighted by Gasteiger charge is -2.27. The van der Waals surface area contributed by atoms with E-state index in [1.165, 1.54) is 11.3 Å². The van der Waals surface area contributed by atoms with Crippen LogP contribution in [0, 0.1) is 5.92 Å². The third-order valence-electron chi connectivity index (χ3n) is 3.80. The van der Waals surface area contributed by atoms with Crippen molar-refractivity contribution in [3.05, 3.63) is 16.1 Å².